The van der Waals surface area contributed by atoms with E-state index in [0.29, 0.717) is 4.67 Å². The van der Waals surface area contributed by atoms with Gasteiger partial charge < -0.3 is 4.42 Å². The first-order valence-electron chi connectivity index (χ1n) is 4.33. The third-order valence-electron chi connectivity index (χ3n) is 1.98. The van der Waals surface area contributed by atoms with Gasteiger partial charge in [0.25, 0.3) is 0 Å². The van der Waals surface area contributed by atoms with Crippen molar-refractivity contribution < 1.29 is 18.0 Å². The Labute approximate surface area is 98.0 Å². The zero-order valence-electron chi connectivity index (χ0n) is 7.84. The van der Waals surface area contributed by atoms with E-state index in [0.717, 1.165) is 12.1 Å². The van der Waals surface area contributed by atoms with Crippen molar-refractivity contribution in [2.75, 3.05) is 0 Å². The number of halogens is 3. The number of furan rings is 1. The number of hydrogen-bond donors (Lipinski definition) is 0. The molecule has 0 aliphatic rings. The van der Waals surface area contributed by atoms with Gasteiger partial charge >= 0.3 is 0 Å². The molecule has 16 heavy (non-hydrogen) atoms. The van der Waals surface area contributed by atoms with Gasteiger partial charge in [-0.2, -0.15) is 0 Å². The zero-order chi connectivity index (χ0) is 11.7. The minimum Gasteiger partial charge on any atom is -0.446 e. The lowest BCUT2D eigenvalue weighted by Crippen LogP contribution is -2.00. The predicted molar refractivity (Wildman–Crippen MR) is 56.2 cm³/mol. The average molecular weight is 287 g/mol. The average Bonchev–Trinajstić information content (AvgIpc) is 2.68. The molecule has 1 aromatic carbocycles. The van der Waals surface area contributed by atoms with Crippen molar-refractivity contribution in [1.29, 1.82) is 0 Å². The van der Waals surface area contributed by atoms with Crippen molar-refractivity contribution in [3.8, 4) is 0 Å². The van der Waals surface area contributed by atoms with Crippen molar-refractivity contribution in [2.45, 2.75) is 0 Å². The van der Waals surface area contributed by atoms with Crippen LogP contribution in [0.25, 0.3) is 0 Å². The standard InChI is InChI=1S/C11H5BrF2O2/c12-10-4-3-9(16-10)11(15)6-1-2-7(13)8(14)5-6/h1-5H. The first kappa shape index (κ1) is 11.0. The van der Waals surface area contributed by atoms with Crippen molar-refractivity contribution in [2.24, 2.45) is 0 Å². The van der Waals surface area contributed by atoms with Crippen LogP contribution in [-0.4, -0.2) is 5.78 Å². The van der Waals surface area contributed by atoms with Crippen molar-refractivity contribution >= 4 is 21.7 Å². The summed E-state index contributed by atoms with van der Waals surface area (Å²) in [7, 11) is 0. The third kappa shape index (κ3) is 2.04. The molecule has 1 heterocycles. The Kier molecular flexibility index (Phi) is 2.87. The van der Waals surface area contributed by atoms with Crippen molar-refractivity contribution in [3.05, 3.63) is 58.0 Å². The van der Waals surface area contributed by atoms with Crippen LogP contribution in [0, 0.1) is 11.6 Å². The first-order valence-corrected chi connectivity index (χ1v) is 5.12. The highest BCUT2D eigenvalue weighted by Gasteiger charge is 2.15. The molecule has 0 aliphatic heterocycles. The summed E-state index contributed by atoms with van der Waals surface area (Å²) in [6.45, 7) is 0. The second kappa shape index (κ2) is 4.17. The summed E-state index contributed by atoms with van der Waals surface area (Å²) < 4.78 is 31.0. The zero-order valence-corrected chi connectivity index (χ0v) is 9.42. The summed E-state index contributed by atoms with van der Waals surface area (Å²) >= 11 is 3.05. The van der Waals surface area contributed by atoms with E-state index < -0.39 is 17.4 Å². The van der Waals surface area contributed by atoms with E-state index in [1.807, 2.05) is 0 Å². The number of benzene rings is 1. The molecule has 2 nitrogen and oxygen atoms in total. The predicted octanol–water partition coefficient (Wildman–Crippen LogP) is 3.55. The van der Waals surface area contributed by atoms with E-state index in [1.165, 1.54) is 12.1 Å². The van der Waals surface area contributed by atoms with E-state index in [2.05, 4.69) is 15.9 Å². The topological polar surface area (TPSA) is 30.2 Å². The lowest BCUT2D eigenvalue weighted by molar-refractivity contribution is 0.101. The van der Waals surface area contributed by atoms with Crippen LogP contribution in [-0.2, 0) is 0 Å². The van der Waals surface area contributed by atoms with Crippen LogP contribution in [0.4, 0.5) is 8.78 Å². The second-order valence-electron chi connectivity index (χ2n) is 3.06. The summed E-state index contributed by atoms with van der Waals surface area (Å²) in [6.07, 6.45) is 0. The van der Waals surface area contributed by atoms with Gasteiger partial charge in [-0.25, -0.2) is 8.78 Å². The Hall–Kier alpha value is -1.49. The van der Waals surface area contributed by atoms with Crippen LogP contribution in [0.2, 0.25) is 0 Å². The highest BCUT2D eigenvalue weighted by molar-refractivity contribution is 9.10. The minimum atomic E-state index is -1.06. The molecule has 0 fully saturated rings. The van der Waals surface area contributed by atoms with Crippen LogP contribution in [0.1, 0.15) is 16.1 Å². The summed E-state index contributed by atoms with van der Waals surface area (Å²) in [5, 5.41) is 0. The molecule has 5 heteroatoms. The Morgan fingerprint density at radius 2 is 1.88 bits per heavy atom. The van der Waals surface area contributed by atoms with E-state index >= 15 is 0 Å². The quantitative estimate of drug-likeness (QED) is 0.791. The maximum atomic E-state index is 12.9. The number of ketones is 1. The Balaban J connectivity index is 2.38. The lowest BCUT2D eigenvalue weighted by atomic mass is 10.1. The SMILES string of the molecule is O=C(c1ccc(F)c(F)c1)c1ccc(Br)o1. The van der Waals surface area contributed by atoms with E-state index in [1.54, 1.807) is 6.07 Å². The smallest absolute Gasteiger partial charge is 0.228 e. The minimum absolute atomic E-state index is 0.0424. The van der Waals surface area contributed by atoms with Gasteiger partial charge in [-0.3, -0.25) is 4.79 Å². The fourth-order valence-electron chi connectivity index (χ4n) is 1.22. The maximum Gasteiger partial charge on any atom is 0.228 e. The molecular formula is C11H5BrF2O2. The Morgan fingerprint density at radius 3 is 2.44 bits per heavy atom. The first-order chi connectivity index (χ1) is 7.58. The van der Waals surface area contributed by atoms with Crippen LogP contribution in [0.15, 0.2) is 39.4 Å². The molecule has 0 spiro atoms. The fraction of sp³-hybridized carbons (Fsp3) is 0. The lowest BCUT2D eigenvalue weighted by Gasteiger charge is -1.98. The number of hydrogen-bond acceptors (Lipinski definition) is 2. The summed E-state index contributed by atoms with van der Waals surface area (Å²) in [5.41, 5.74) is 0.0424. The van der Waals surface area contributed by atoms with Crippen LogP contribution in [0.5, 0.6) is 0 Å². The molecule has 0 saturated carbocycles. The number of carbonyl (C=O) groups is 1. The fourth-order valence-corrected chi connectivity index (χ4v) is 1.52. The van der Waals surface area contributed by atoms with Crippen LogP contribution < -0.4 is 0 Å². The second-order valence-corrected chi connectivity index (χ2v) is 3.84. The Morgan fingerprint density at radius 1 is 1.12 bits per heavy atom. The van der Waals surface area contributed by atoms with Crippen LogP contribution >= 0.6 is 15.9 Å². The molecule has 2 aromatic rings. The highest BCUT2D eigenvalue weighted by atomic mass is 79.9. The van der Waals surface area contributed by atoms with E-state index in [4.69, 9.17) is 4.42 Å². The maximum absolute atomic E-state index is 12.9. The summed E-state index contributed by atoms with van der Waals surface area (Å²) in [6, 6.07) is 5.95. The third-order valence-corrected chi connectivity index (χ3v) is 2.40. The number of rotatable bonds is 2. The number of carbonyl (C=O) groups excluding carboxylic acids is 1. The molecule has 0 N–H and O–H groups in total. The van der Waals surface area contributed by atoms with Gasteiger partial charge in [0.2, 0.25) is 5.78 Å². The molecule has 82 valence electrons. The van der Waals surface area contributed by atoms with Crippen molar-refractivity contribution in [3.63, 3.8) is 0 Å². The molecule has 0 amide bonds. The van der Waals surface area contributed by atoms with E-state index in [9.17, 15) is 13.6 Å². The van der Waals surface area contributed by atoms with Gasteiger partial charge in [-0.05, 0) is 46.3 Å². The largest absolute Gasteiger partial charge is 0.446 e. The molecule has 0 radical (unpaired) electrons. The van der Waals surface area contributed by atoms with Crippen molar-refractivity contribution in [1.82, 2.24) is 0 Å². The van der Waals surface area contributed by atoms with Gasteiger partial charge in [0.15, 0.2) is 22.1 Å². The molecule has 0 bridgehead atoms. The molecule has 0 atom stereocenters. The molecule has 0 saturated heterocycles. The monoisotopic (exact) mass is 286 g/mol. The van der Waals surface area contributed by atoms with Gasteiger partial charge in [0.05, 0.1) is 0 Å². The molecular weight excluding hydrogens is 282 g/mol. The molecule has 2 rings (SSSR count). The molecule has 0 aliphatic carbocycles. The molecule has 1 aromatic heterocycles. The summed E-state index contributed by atoms with van der Waals surface area (Å²) in [5.74, 6) is -2.48. The normalized spacial score (nSPS) is 10.4. The van der Waals surface area contributed by atoms with E-state index in [-0.39, 0.29) is 11.3 Å². The van der Waals surface area contributed by atoms with Gasteiger partial charge in [0, 0.05) is 5.56 Å². The van der Waals surface area contributed by atoms with Gasteiger partial charge in [-0.1, -0.05) is 0 Å². The van der Waals surface area contributed by atoms with Gasteiger partial charge in [-0.15, -0.1) is 0 Å². The highest BCUT2D eigenvalue weighted by Crippen LogP contribution is 2.18. The summed E-state index contributed by atoms with van der Waals surface area (Å²) in [4.78, 5) is 11.7. The van der Waals surface area contributed by atoms with Gasteiger partial charge in [0.1, 0.15) is 0 Å². The van der Waals surface area contributed by atoms with Crippen LogP contribution in [0.3, 0.4) is 0 Å². The molecule has 0 unspecified atom stereocenters. The Bertz CT molecular complexity index is 549.